The molecule has 0 radical (unpaired) electrons. The van der Waals surface area contributed by atoms with Gasteiger partial charge in [0.2, 0.25) is 0 Å². The van der Waals surface area contributed by atoms with Crippen LogP contribution in [0.1, 0.15) is 26.0 Å². The molecule has 0 amide bonds. The Morgan fingerprint density at radius 2 is 2.12 bits per heavy atom. The number of piperidine rings is 1. The van der Waals surface area contributed by atoms with E-state index in [0.29, 0.717) is 0 Å². The van der Waals surface area contributed by atoms with Gasteiger partial charge in [-0.1, -0.05) is 13.8 Å². The fourth-order valence-electron chi connectivity index (χ4n) is 2.84. The minimum atomic E-state index is 0.839. The molecule has 2 rings (SSSR count). The zero-order valence-corrected chi connectivity index (χ0v) is 11.0. The van der Waals surface area contributed by atoms with E-state index in [1.165, 1.54) is 19.5 Å². The summed E-state index contributed by atoms with van der Waals surface area (Å²) in [6.07, 6.45) is 3.11. The van der Waals surface area contributed by atoms with E-state index < -0.39 is 0 Å². The van der Waals surface area contributed by atoms with Crippen LogP contribution in [0.25, 0.3) is 0 Å². The fourth-order valence-corrected chi connectivity index (χ4v) is 2.84. The first-order valence-electron chi connectivity index (χ1n) is 6.69. The Morgan fingerprint density at radius 3 is 2.76 bits per heavy atom. The summed E-state index contributed by atoms with van der Waals surface area (Å²) in [6, 6.07) is 3.95. The predicted molar refractivity (Wildman–Crippen MR) is 69.8 cm³/mol. The van der Waals surface area contributed by atoms with E-state index in [4.69, 9.17) is 4.42 Å². The number of hydrogen-bond donors (Lipinski definition) is 1. The van der Waals surface area contributed by atoms with Gasteiger partial charge in [-0.2, -0.15) is 0 Å². The van der Waals surface area contributed by atoms with E-state index in [-0.39, 0.29) is 0 Å². The molecule has 2 heterocycles. The van der Waals surface area contributed by atoms with Crippen LogP contribution in [0.15, 0.2) is 22.8 Å². The van der Waals surface area contributed by atoms with Gasteiger partial charge in [0.05, 0.1) is 12.8 Å². The zero-order valence-electron chi connectivity index (χ0n) is 11.0. The van der Waals surface area contributed by atoms with Crippen molar-refractivity contribution in [1.29, 1.82) is 0 Å². The summed E-state index contributed by atoms with van der Waals surface area (Å²) in [5, 5.41) is 3.43. The van der Waals surface area contributed by atoms with Crippen LogP contribution < -0.4 is 5.32 Å². The molecule has 2 unspecified atom stereocenters. The van der Waals surface area contributed by atoms with Crippen molar-refractivity contribution < 1.29 is 4.42 Å². The first kappa shape index (κ1) is 12.7. The second-order valence-electron chi connectivity index (χ2n) is 5.46. The van der Waals surface area contributed by atoms with Crippen molar-refractivity contribution in [3.63, 3.8) is 0 Å². The molecule has 1 aliphatic rings. The van der Waals surface area contributed by atoms with Crippen LogP contribution in [-0.4, -0.2) is 31.1 Å². The summed E-state index contributed by atoms with van der Waals surface area (Å²) in [6.45, 7) is 10.3. The Bertz CT molecular complexity index is 300. The van der Waals surface area contributed by atoms with Crippen LogP contribution in [0.5, 0.6) is 0 Å². The highest BCUT2D eigenvalue weighted by Crippen LogP contribution is 2.20. The molecular formula is C14H24N2O. The average molecular weight is 236 g/mol. The number of nitrogens with zero attached hydrogens (tertiary/aromatic N) is 1. The second kappa shape index (κ2) is 6.22. The Morgan fingerprint density at radius 1 is 1.35 bits per heavy atom. The molecule has 0 saturated carbocycles. The van der Waals surface area contributed by atoms with Gasteiger partial charge in [-0.3, -0.25) is 0 Å². The van der Waals surface area contributed by atoms with E-state index in [2.05, 4.69) is 24.1 Å². The standard InChI is InChI=1S/C14H24N2O/c1-12-8-13(2)11-16(10-12)6-5-15-9-14-4-3-7-17-14/h3-4,7,12-13,15H,5-6,8-11H2,1-2H3. The van der Waals surface area contributed by atoms with Crippen molar-refractivity contribution in [3.05, 3.63) is 24.2 Å². The third-order valence-corrected chi connectivity index (χ3v) is 3.43. The average Bonchev–Trinajstić information content (AvgIpc) is 2.76. The molecule has 1 saturated heterocycles. The lowest BCUT2D eigenvalue weighted by Crippen LogP contribution is -2.41. The fraction of sp³-hybridized carbons (Fsp3) is 0.714. The van der Waals surface area contributed by atoms with Crippen LogP contribution in [0.2, 0.25) is 0 Å². The maximum Gasteiger partial charge on any atom is 0.117 e. The first-order chi connectivity index (χ1) is 8.24. The molecule has 1 aromatic heterocycles. The van der Waals surface area contributed by atoms with Crippen molar-refractivity contribution in [2.24, 2.45) is 11.8 Å². The number of nitrogens with one attached hydrogen (secondary N) is 1. The van der Waals surface area contributed by atoms with E-state index >= 15 is 0 Å². The number of furan rings is 1. The zero-order chi connectivity index (χ0) is 12.1. The molecule has 3 heteroatoms. The summed E-state index contributed by atoms with van der Waals surface area (Å²) in [4.78, 5) is 2.58. The third kappa shape index (κ3) is 4.17. The molecule has 2 atom stereocenters. The summed E-state index contributed by atoms with van der Waals surface area (Å²) in [7, 11) is 0. The van der Waals surface area contributed by atoms with Gasteiger partial charge in [0.25, 0.3) is 0 Å². The lowest BCUT2D eigenvalue weighted by Gasteiger charge is -2.34. The van der Waals surface area contributed by atoms with Gasteiger partial charge in [0.15, 0.2) is 0 Å². The lowest BCUT2D eigenvalue weighted by molar-refractivity contribution is 0.141. The predicted octanol–water partition coefficient (Wildman–Crippen LogP) is 2.35. The first-order valence-corrected chi connectivity index (χ1v) is 6.69. The van der Waals surface area contributed by atoms with Gasteiger partial charge < -0.3 is 14.6 Å². The van der Waals surface area contributed by atoms with Crippen molar-refractivity contribution >= 4 is 0 Å². The molecule has 1 N–H and O–H groups in total. The van der Waals surface area contributed by atoms with Gasteiger partial charge in [-0.15, -0.1) is 0 Å². The van der Waals surface area contributed by atoms with Crippen molar-refractivity contribution in [2.75, 3.05) is 26.2 Å². The third-order valence-electron chi connectivity index (χ3n) is 3.43. The largest absolute Gasteiger partial charge is 0.468 e. The molecule has 17 heavy (non-hydrogen) atoms. The maximum absolute atomic E-state index is 5.28. The highest BCUT2D eigenvalue weighted by molar-refractivity contribution is 4.97. The highest BCUT2D eigenvalue weighted by Gasteiger charge is 2.20. The maximum atomic E-state index is 5.28. The Balaban J connectivity index is 1.61. The van der Waals surface area contributed by atoms with Gasteiger partial charge in [0.1, 0.15) is 5.76 Å². The monoisotopic (exact) mass is 236 g/mol. The molecule has 1 fully saturated rings. The van der Waals surface area contributed by atoms with E-state index in [1.54, 1.807) is 6.26 Å². The Hall–Kier alpha value is -0.800. The normalized spacial score (nSPS) is 26.2. The van der Waals surface area contributed by atoms with Crippen LogP contribution in [0.4, 0.5) is 0 Å². The van der Waals surface area contributed by atoms with Crippen LogP contribution >= 0.6 is 0 Å². The van der Waals surface area contributed by atoms with E-state index in [9.17, 15) is 0 Å². The minimum Gasteiger partial charge on any atom is -0.468 e. The number of hydrogen-bond acceptors (Lipinski definition) is 3. The van der Waals surface area contributed by atoms with Gasteiger partial charge in [-0.05, 0) is 30.4 Å². The molecule has 0 aliphatic carbocycles. The Labute approximate surface area is 104 Å². The summed E-state index contributed by atoms with van der Waals surface area (Å²) < 4.78 is 5.28. The summed E-state index contributed by atoms with van der Waals surface area (Å²) in [5.74, 6) is 2.72. The molecule has 0 spiro atoms. The molecular weight excluding hydrogens is 212 g/mol. The molecule has 0 bridgehead atoms. The number of likely N-dealkylation sites (tertiary alicyclic amines) is 1. The molecule has 96 valence electrons. The minimum absolute atomic E-state index is 0.839. The van der Waals surface area contributed by atoms with Gasteiger partial charge in [-0.25, -0.2) is 0 Å². The number of rotatable bonds is 5. The summed E-state index contributed by atoms with van der Waals surface area (Å²) in [5.41, 5.74) is 0. The molecule has 0 aromatic carbocycles. The van der Waals surface area contributed by atoms with Crippen molar-refractivity contribution in [2.45, 2.75) is 26.8 Å². The molecule has 1 aliphatic heterocycles. The van der Waals surface area contributed by atoms with Crippen molar-refractivity contribution in [1.82, 2.24) is 10.2 Å². The Kier molecular flexibility index (Phi) is 4.63. The van der Waals surface area contributed by atoms with Gasteiger partial charge >= 0.3 is 0 Å². The topological polar surface area (TPSA) is 28.4 Å². The SMILES string of the molecule is CC1CC(C)CN(CCNCc2ccco2)C1. The highest BCUT2D eigenvalue weighted by atomic mass is 16.3. The molecule has 3 nitrogen and oxygen atoms in total. The van der Waals surface area contributed by atoms with Crippen molar-refractivity contribution in [3.8, 4) is 0 Å². The van der Waals surface area contributed by atoms with Gasteiger partial charge in [0, 0.05) is 26.2 Å². The van der Waals surface area contributed by atoms with Crippen LogP contribution in [0, 0.1) is 11.8 Å². The molecule has 1 aromatic rings. The quantitative estimate of drug-likeness (QED) is 0.796. The van der Waals surface area contributed by atoms with Crippen LogP contribution in [-0.2, 0) is 6.54 Å². The van der Waals surface area contributed by atoms with E-state index in [1.807, 2.05) is 12.1 Å². The smallest absolute Gasteiger partial charge is 0.117 e. The van der Waals surface area contributed by atoms with E-state index in [0.717, 1.165) is 37.2 Å². The summed E-state index contributed by atoms with van der Waals surface area (Å²) >= 11 is 0. The van der Waals surface area contributed by atoms with Crippen LogP contribution in [0.3, 0.4) is 0 Å². The lowest BCUT2D eigenvalue weighted by atomic mass is 9.92. The second-order valence-corrected chi connectivity index (χ2v) is 5.46.